The fraction of sp³-hybridized carbons (Fsp3) is 0.375. The highest BCUT2D eigenvalue weighted by molar-refractivity contribution is 6.03. The second-order valence-electron chi connectivity index (χ2n) is 7.94. The van der Waals surface area contributed by atoms with Gasteiger partial charge in [-0.2, -0.15) is 0 Å². The Hall–Kier alpha value is -3.15. The molecule has 158 valence electrons. The summed E-state index contributed by atoms with van der Waals surface area (Å²) in [4.78, 5) is 40.3. The molecule has 0 spiro atoms. The van der Waals surface area contributed by atoms with Crippen LogP contribution in [0.4, 0.5) is 11.4 Å². The summed E-state index contributed by atoms with van der Waals surface area (Å²) < 4.78 is 0. The van der Waals surface area contributed by atoms with Gasteiger partial charge in [0.25, 0.3) is 5.91 Å². The molecule has 2 aromatic rings. The van der Waals surface area contributed by atoms with Crippen LogP contribution in [0.3, 0.4) is 0 Å². The zero-order valence-electron chi connectivity index (χ0n) is 17.9. The third-order valence-electron chi connectivity index (χ3n) is 5.37. The van der Waals surface area contributed by atoms with Gasteiger partial charge < -0.3 is 15.1 Å². The second kappa shape index (κ2) is 9.57. The van der Waals surface area contributed by atoms with E-state index in [1.165, 1.54) is 10.5 Å². The number of benzene rings is 2. The number of nitrogens with zero attached hydrogens (tertiary/aromatic N) is 2. The first-order valence-corrected chi connectivity index (χ1v) is 10.4. The molecule has 1 aliphatic rings. The Bertz CT molecular complexity index is 904. The summed E-state index contributed by atoms with van der Waals surface area (Å²) in [6.07, 6.45) is 3.53. The minimum Gasteiger partial charge on any atom is -0.345 e. The number of anilines is 2. The number of unbranched alkanes of at least 4 members (excludes halogenated alkanes) is 1. The van der Waals surface area contributed by atoms with E-state index in [0.29, 0.717) is 17.8 Å². The lowest BCUT2D eigenvalue weighted by Gasteiger charge is -2.17. The van der Waals surface area contributed by atoms with Crippen molar-refractivity contribution in [2.24, 2.45) is 5.92 Å². The predicted molar refractivity (Wildman–Crippen MR) is 119 cm³/mol. The van der Waals surface area contributed by atoms with Gasteiger partial charge in [-0.1, -0.05) is 25.5 Å². The van der Waals surface area contributed by atoms with Crippen LogP contribution in [0.15, 0.2) is 48.5 Å². The maximum absolute atomic E-state index is 12.7. The Morgan fingerprint density at radius 1 is 1.07 bits per heavy atom. The van der Waals surface area contributed by atoms with Crippen LogP contribution in [0.5, 0.6) is 0 Å². The van der Waals surface area contributed by atoms with E-state index in [-0.39, 0.29) is 24.1 Å². The van der Waals surface area contributed by atoms with E-state index >= 15 is 0 Å². The molecule has 1 fully saturated rings. The van der Waals surface area contributed by atoms with Gasteiger partial charge in [0.15, 0.2) is 0 Å². The zero-order chi connectivity index (χ0) is 21.7. The molecule has 0 saturated carbocycles. The molecule has 0 aliphatic carbocycles. The van der Waals surface area contributed by atoms with Crippen LogP contribution in [0, 0.1) is 5.92 Å². The highest BCUT2D eigenvalue weighted by Gasteiger charge is 2.35. The summed E-state index contributed by atoms with van der Waals surface area (Å²) in [6.45, 7) is 2.54. The van der Waals surface area contributed by atoms with Crippen molar-refractivity contribution in [2.45, 2.75) is 32.6 Å². The van der Waals surface area contributed by atoms with Gasteiger partial charge in [-0.3, -0.25) is 14.4 Å². The minimum absolute atomic E-state index is 0.0385. The van der Waals surface area contributed by atoms with Gasteiger partial charge >= 0.3 is 0 Å². The molecule has 3 rings (SSSR count). The molecule has 1 N–H and O–H groups in total. The molecule has 2 aromatic carbocycles. The summed E-state index contributed by atoms with van der Waals surface area (Å²) in [5.41, 5.74) is 3.27. The molecule has 1 saturated heterocycles. The smallest absolute Gasteiger partial charge is 0.253 e. The van der Waals surface area contributed by atoms with E-state index in [0.717, 1.165) is 24.9 Å². The minimum atomic E-state index is -0.402. The van der Waals surface area contributed by atoms with Gasteiger partial charge in [-0.25, -0.2) is 0 Å². The average Bonchev–Trinajstić information content (AvgIpc) is 3.14. The third kappa shape index (κ3) is 5.06. The van der Waals surface area contributed by atoms with Crippen molar-refractivity contribution >= 4 is 29.1 Å². The Morgan fingerprint density at radius 2 is 1.73 bits per heavy atom. The third-order valence-corrected chi connectivity index (χ3v) is 5.37. The molecule has 6 nitrogen and oxygen atoms in total. The van der Waals surface area contributed by atoms with E-state index < -0.39 is 5.92 Å². The van der Waals surface area contributed by atoms with Gasteiger partial charge in [0.05, 0.1) is 5.92 Å². The van der Waals surface area contributed by atoms with E-state index in [4.69, 9.17) is 0 Å². The van der Waals surface area contributed by atoms with Crippen molar-refractivity contribution in [1.29, 1.82) is 0 Å². The SMILES string of the molecule is CCCCc1ccc(N2CC(C(=O)Nc3ccc(C(=O)N(C)C)cc3)CC2=O)cc1. The van der Waals surface area contributed by atoms with Crippen LogP contribution in [0.25, 0.3) is 0 Å². The quantitative estimate of drug-likeness (QED) is 0.760. The first-order chi connectivity index (χ1) is 14.4. The Kier molecular flexibility index (Phi) is 6.87. The van der Waals surface area contributed by atoms with Crippen LogP contribution < -0.4 is 10.2 Å². The zero-order valence-corrected chi connectivity index (χ0v) is 17.9. The predicted octanol–water partition coefficient (Wildman–Crippen LogP) is 3.72. The standard InChI is InChI=1S/C24H29N3O3/c1-4-5-6-17-7-13-21(14-8-17)27-16-19(15-22(27)28)23(29)25-20-11-9-18(10-12-20)24(30)26(2)3/h7-14,19H,4-6,15-16H2,1-3H3,(H,25,29). The lowest BCUT2D eigenvalue weighted by atomic mass is 10.1. The van der Waals surface area contributed by atoms with Crippen molar-refractivity contribution in [3.63, 3.8) is 0 Å². The molecule has 0 aromatic heterocycles. The molecule has 1 atom stereocenters. The monoisotopic (exact) mass is 407 g/mol. The van der Waals surface area contributed by atoms with Crippen molar-refractivity contribution in [3.05, 3.63) is 59.7 Å². The van der Waals surface area contributed by atoms with Gasteiger partial charge in [-0.05, 0) is 54.8 Å². The molecule has 3 amide bonds. The summed E-state index contributed by atoms with van der Waals surface area (Å²) >= 11 is 0. The highest BCUT2D eigenvalue weighted by Crippen LogP contribution is 2.26. The lowest BCUT2D eigenvalue weighted by Crippen LogP contribution is -2.28. The maximum Gasteiger partial charge on any atom is 0.253 e. The first kappa shape index (κ1) is 21.6. The van der Waals surface area contributed by atoms with E-state index in [9.17, 15) is 14.4 Å². The molecule has 6 heteroatoms. The van der Waals surface area contributed by atoms with Crippen molar-refractivity contribution in [3.8, 4) is 0 Å². The number of hydrogen-bond donors (Lipinski definition) is 1. The number of carbonyl (C=O) groups is 3. The average molecular weight is 408 g/mol. The number of hydrogen-bond acceptors (Lipinski definition) is 3. The van der Waals surface area contributed by atoms with E-state index in [1.807, 2.05) is 12.1 Å². The summed E-state index contributed by atoms with van der Waals surface area (Å²) in [7, 11) is 3.39. The highest BCUT2D eigenvalue weighted by atomic mass is 16.2. The largest absolute Gasteiger partial charge is 0.345 e. The van der Waals surface area contributed by atoms with E-state index in [1.54, 1.807) is 43.3 Å². The van der Waals surface area contributed by atoms with Crippen LogP contribution in [-0.4, -0.2) is 43.3 Å². The molecule has 1 unspecified atom stereocenters. The number of rotatable bonds is 7. The molecular formula is C24H29N3O3. The topological polar surface area (TPSA) is 69.7 Å². The van der Waals surface area contributed by atoms with Gasteiger partial charge in [0, 0.05) is 44.0 Å². The van der Waals surface area contributed by atoms with Crippen LogP contribution in [0.2, 0.25) is 0 Å². The molecule has 0 bridgehead atoms. The Morgan fingerprint density at radius 3 is 2.33 bits per heavy atom. The van der Waals surface area contributed by atoms with Gasteiger partial charge in [-0.15, -0.1) is 0 Å². The first-order valence-electron chi connectivity index (χ1n) is 10.4. The summed E-state index contributed by atoms with van der Waals surface area (Å²) in [6, 6.07) is 14.8. The fourth-order valence-electron chi connectivity index (χ4n) is 3.55. The molecule has 1 heterocycles. The van der Waals surface area contributed by atoms with Crippen LogP contribution in [-0.2, 0) is 16.0 Å². The van der Waals surface area contributed by atoms with Crippen molar-refractivity contribution in [2.75, 3.05) is 30.9 Å². The van der Waals surface area contributed by atoms with Crippen molar-refractivity contribution < 1.29 is 14.4 Å². The van der Waals surface area contributed by atoms with Gasteiger partial charge in [0.1, 0.15) is 0 Å². The molecule has 0 radical (unpaired) electrons. The molecular weight excluding hydrogens is 378 g/mol. The Labute approximate surface area is 177 Å². The number of carbonyl (C=O) groups excluding carboxylic acids is 3. The number of nitrogens with one attached hydrogen (secondary N) is 1. The summed E-state index contributed by atoms with van der Waals surface area (Å²) in [5.74, 6) is -0.716. The van der Waals surface area contributed by atoms with Gasteiger partial charge in [0.2, 0.25) is 11.8 Å². The molecule has 1 aliphatic heterocycles. The fourth-order valence-corrected chi connectivity index (χ4v) is 3.55. The number of aryl methyl sites for hydroxylation is 1. The maximum atomic E-state index is 12.7. The number of amides is 3. The van der Waals surface area contributed by atoms with Crippen LogP contribution >= 0.6 is 0 Å². The second-order valence-corrected chi connectivity index (χ2v) is 7.94. The Balaban J connectivity index is 1.60. The molecule has 30 heavy (non-hydrogen) atoms. The van der Waals surface area contributed by atoms with Crippen molar-refractivity contribution in [1.82, 2.24) is 4.90 Å². The normalized spacial score (nSPS) is 15.9. The van der Waals surface area contributed by atoms with Crippen LogP contribution in [0.1, 0.15) is 42.1 Å². The summed E-state index contributed by atoms with van der Waals surface area (Å²) in [5, 5.41) is 2.86. The van der Waals surface area contributed by atoms with E-state index in [2.05, 4.69) is 24.4 Å². The lowest BCUT2D eigenvalue weighted by molar-refractivity contribution is -0.122.